The van der Waals surface area contributed by atoms with Gasteiger partial charge < -0.3 is 10.6 Å². The van der Waals surface area contributed by atoms with Crippen LogP contribution in [-0.4, -0.2) is 13.1 Å². The van der Waals surface area contributed by atoms with Gasteiger partial charge in [-0.25, -0.2) is 0 Å². The molecule has 0 saturated carbocycles. The van der Waals surface area contributed by atoms with E-state index >= 15 is 0 Å². The topological polar surface area (TPSA) is 29.3 Å². The zero-order valence-corrected chi connectivity index (χ0v) is 10.2. The van der Waals surface area contributed by atoms with E-state index in [0.29, 0.717) is 6.54 Å². The van der Waals surface area contributed by atoms with Crippen LogP contribution in [0.25, 0.3) is 0 Å². The Balaban J connectivity index is 2.16. The van der Waals surface area contributed by atoms with Crippen LogP contribution in [0.4, 0.5) is 5.69 Å². The third-order valence-electron chi connectivity index (χ3n) is 3.57. The largest absolute Gasteiger partial charge is 0.371 e. The predicted molar refractivity (Wildman–Crippen MR) is 69.6 cm³/mol. The summed E-state index contributed by atoms with van der Waals surface area (Å²) in [7, 11) is 0. The molecule has 0 aliphatic carbocycles. The van der Waals surface area contributed by atoms with Crippen LogP contribution in [0.2, 0.25) is 0 Å². The van der Waals surface area contributed by atoms with Crippen molar-refractivity contribution >= 4 is 5.69 Å². The lowest BCUT2D eigenvalue weighted by atomic mass is 10.0. The summed E-state index contributed by atoms with van der Waals surface area (Å²) in [6.07, 6.45) is 3.97. The second-order valence-corrected chi connectivity index (χ2v) is 4.86. The van der Waals surface area contributed by atoms with E-state index in [1.54, 1.807) is 0 Å². The van der Waals surface area contributed by atoms with Crippen molar-refractivity contribution in [2.24, 2.45) is 11.7 Å². The second-order valence-electron chi connectivity index (χ2n) is 4.86. The molecule has 1 heterocycles. The summed E-state index contributed by atoms with van der Waals surface area (Å²) in [6, 6.07) is 8.54. The Morgan fingerprint density at radius 1 is 1.25 bits per heavy atom. The molecule has 88 valence electrons. The van der Waals surface area contributed by atoms with Crippen molar-refractivity contribution in [1.29, 1.82) is 0 Å². The van der Waals surface area contributed by atoms with E-state index in [0.717, 1.165) is 5.92 Å². The highest BCUT2D eigenvalue weighted by Crippen LogP contribution is 2.25. The number of para-hydroxylation sites is 1. The molecule has 2 heteroatoms. The Hall–Kier alpha value is -1.02. The Morgan fingerprint density at radius 2 is 2.06 bits per heavy atom. The molecule has 1 aliphatic rings. The molecule has 2 rings (SSSR count). The van der Waals surface area contributed by atoms with Gasteiger partial charge in [-0.3, -0.25) is 0 Å². The Kier molecular flexibility index (Phi) is 3.83. The van der Waals surface area contributed by atoms with Crippen LogP contribution in [0.3, 0.4) is 0 Å². The van der Waals surface area contributed by atoms with Gasteiger partial charge in [-0.05, 0) is 36.8 Å². The van der Waals surface area contributed by atoms with Gasteiger partial charge >= 0.3 is 0 Å². The van der Waals surface area contributed by atoms with Crippen molar-refractivity contribution in [3.63, 3.8) is 0 Å². The minimum absolute atomic E-state index is 0.641. The van der Waals surface area contributed by atoms with Crippen LogP contribution in [0, 0.1) is 5.92 Å². The molecule has 2 N–H and O–H groups in total. The molecular formula is C14H22N2. The van der Waals surface area contributed by atoms with Gasteiger partial charge in [0.05, 0.1) is 0 Å². The molecule has 1 aliphatic heterocycles. The third-order valence-corrected chi connectivity index (χ3v) is 3.57. The van der Waals surface area contributed by atoms with Gasteiger partial charge in [-0.15, -0.1) is 0 Å². The highest BCUT2D eigenvalue weighted by Gasteiger charge is 2.15. The lowest BCUT2D eigenvalue weighted by Gasteiger charge is -2.25. The van der Waals surface area contributed by atoms with Crippen molar-refractivity contribution in [3.05, 3.63) is 29.8 Å². The Morgan fingerprint density at radius 3 is 2.88 bits per heavy atom. The van der Waals surface area contributed by atoms with Crippen LogP contribution in [0.1, 0.15) is 31.7 Å². The second kappa shape index (κ2) is 5.35. The number of nitrogens with zero attached hydrogens (tertiary/aromatic N) is 1. The number of benzene rings is 1. The number of hydrogen-bond acceptors (Lipinski definition) is 2. The van der Waals surface area contributed by atoms with E-state index in [2.05, 4.69) is 36.1 Å². The first-order valence-electron chi connectivity index (χ1n) is 6.34. The number of rotatable bonds is 2. The maximum atomic E-state index is 5.80. The summed E-state index contributed by atoms with van der Waals surface area (Å²) in [5.41, 5.74) is 8.42. The molecule has 1 aromatic rings. The maximum Gasteiger partial charge on any atom is 0.0411 e. The molecule has 1 saturated heterocycles. The van der Waals surface area contributed by atoms with Crippen LogP contribution in [0.15, 0.2) is 24.3 Å². The van der Waals surface area contributed by atoms with Gasteiger partial charge in [-0.2, -0.15) is 0 Å². The predicted octanol–water partition coefficient (Wildman–Crippen LogP) is 2.77. The van der Waals surface area contributed by atoms with Crippen molar-refractivity contribution in [1.82, 2.24) is 0 Å². The first kappa shape index (κ1) is 11.5. The summed E-state index contributed by atoms with van der Waals surface area (Å²) in [6.45, 7) is 5.36. The zero-order valence-electron chi connectivity index (χ0n) is 10.2. The fourth-order valence-corrected chi connectivity index (χ4v) is 2.50. The number of anilines is 1. The van der Waals surface area contributed by atoms with Gasteiger partial charge in [0.15, 0.2) is 0 Å². The van der Waals surface area contributed by atoms with E-state index in [4.69, 9.17) is 5.73 Å². The standard InChI is InChI=1S/C14H22N2/c1-12-5-4-9-16(10-8-12)14-7-3-2-6-13(14)11-15/h2-3,6-7,12H,4-5,8-11,15H2,1H3. The minimum atomic E-state index is 0.641. The smallest absolute Gasteiger partial charge is 0.0411 e. The first-order chi connectivity index (χ1) is 7.81. The molecule has 0 spiro atoms. The fraction of sp³-hybridized carbons (Fsp3) is 0.571. The normalized spacial score (nSPS) is 21.9. The summed E-state index contributed by atoms with van der Waals surface area (Å²) in [4.78, 5) is 2.51. The summed E-state index contributed by atoms with van der Waals surface area (Å²) in [5, 5.41) is 0. The summed E-state index contributed by atoms with van der Waals surface area (Å²) in [5.74, 6) is 0.870. The zero-order chi connectivity index (χ0) is 11.4. The quantitative estimate of drug-likeness (QED) is 0.827. The molecule has 0 amide bonds. The highest BCUT2D eigenvalue weighted by atomic mass is 15.1. The van der Waals surface area contributed by atoms with Crippen LogP contribution in [-0.2, 0) is 6.54 Å². The van der Waals surface area contributed by atoms with Gasteiger partial charge in [0.2, 0.25) is 0 Å². The van der Waals surface area contributed by atoms with E-state index in [1.165, 1.54) is 43.6 Å². The molecule has 0 bridgehead atoms. The average Bonchev–Trinajstić information content (AvgIpc) is 2.54. The molecule has 1 fully saturated rings. The monoisotopic (exact) mass is 218 g/mol. The maximum absolute atomic E-state index is 5.80. The average molecular weight is 218 g/mol. The molecule has 2 nitrogen and oxygen atoms in total. The summed E-state index contributed by atoms with van der Waals surface area (Å²) >= 11 is 0. The van der Waals surface area contributed by atoms with Crippen molar-refractivity contribution in [3.8, 4) is 0 Å². The van der Waals surface area contributed by atoms with Crippen molar-refractivity contribution in [2.75, 3.05) is 18.0 Å². The fourth-order valence-electron chi connectivity index (χ4n) is 2.50. The molecule has 0 aromatic heterocycles. The summed E-state index contributed by atoms with van der Waals surface area (Å²) < 4.78 is 0. The van der Waals surface area contributed by atoms with Crippen molar-refractivity contribution < 1.29 is 0 Å². The number of nitrogens with two attached hydrogens (primary N) is 1. The molecular weight excluding hydrogens is 196 g/mol. The number of hydrogen-bond donors (Lipinski definition) is 1. The van der Waals surface area contributed by atoms with Crippen LogP contribution in [0.5, 0.6) is 0 Å². The lowest BCUT2D eigenvalue weighted by molar-refractivity contribution is 0.521. The van der Waals surface area contributed by atoms with E-state index in [-0.39, 0.29) is 0 Å². The van der Waals surface area contributed by atoms with E-state index in [9.17, 15) is 0 Å². The van der Waals surface area contributed by atoms with Gasteiger partial charge in [-0.1, -0.05) is 25.1 Å². The van der Waals surface area contributed by atoms with Crippen molar-refractivity contribution in [2.45, 2.75) is 32.7 Å². The SMILES string of the molecule is CC1CCCN(c2ccccc2CN)CC1. The van der Waals surface area contributed by atoms with Gasteiger partial charge in [0, 0.05) is 25.3 Å². The molecule has 0 radical (unpaired) electrons. The molecule has 16 heavy (non-hydrogen) atoms. The third kappa shape index (κ3) is 2.56. The molecule has 1 aromatic carbocycles. The Labute approximate surface area is 98.4 Å². The lowest BCUT2D eigenvalue weighted by Crippen LogP contribution is -2.25. The van der Waals surface area contributed by atoms with Crippen LogP contribution >= 0.6 is 0 Å². The first-order valence-corrected chi connectivity index (χ1v) is 6.34. The van der Waals surface area contributed by atoms with E-state index in [1.807, 2.05) is 0 Å². The molecule has 1 atom stereocenters. The highest BCUT2D eigenvalue weighted by molar-refractivity contribution is 5.53. The van der Waals surface area contributed by atoms with E-state index < -0.39 is 0 Å². The minimum Gasteiger partial charge on any atom is -0.371 e. The Bertz CT molecular complexity index is 335. The molecule has 1 unspecified atom stereocenters. The van der Waals surface area contributed by atoms with Gasteiger partial charge in [0.25, 0.3) is 0 Å². The van der Waals surface area contributed by atoms with Crippen LogP contribution < -0.4 is 10.6 Å². The van der Waals surface area contributed by atoms with Gasteiger partial charge in [0.1, 0.15) is 0 Å².